The number of piperazine rings is 1. The van der Waals surface area contributed by atoms with Crippen molar-refractivity contribution in [2.75, 3.05) is 33.2 Å². The number of nitrogens with zero attached hydrogens (tertiary/aromatic N) is 2. The third kappa shape index (κ3) is 3.07. The van der Waals surface area contributed by atoms with Gasteiger partial charge in [0.15, 0.2) is 0 Å². The molecule has 0 aromatic rings. The van der Waals surface area contributed by atoms with Gasteiger partial charge in [-0.1, -0.05) is 12.8 Å². The zero-order chi connectivity index (χ0) is 14.9. The molecule has 0 aromatic heterocycles. The molecule has 0 atom stereocenters. The Labute approximate surface area is 127 Å². The van der Waals surface area contributed by atoms with Crippen LogP contribution in [0.4, 0.5) is 0 Å². The first kappa shape index (κ1) is 14.8. The zero-order valence-electron chi connectivity index (χ0n) is 13.1. The molecule has 1 aliphatic carbocycles. The second-order valence-electron chi connectivity index (χ2n) is 7.10. The molecular formula is C16H27N3O2. The van der Waals surface area contributed by atoms with E-state index in [1.54, 1.807) is 0 Å². The number of nitrogens with one attached hydrogen (secondary N) is 1. The summed E-state index contributed by atoms with van der Waals surface area (Å²) in [7, 11) is 2.17. The van der Waals surface area contributed by atoms with Gasteiger partial charge in [-0.3, -0.25) is 9.59 Å². The lowest BCUT2D eigenvalue weighted by Gasteiger charge is -2.40. The van der Waals surface area contributed by atoms with Gasteiger partial charge in [0.1, 0.15) is 5.54 Å². The minimum Gasteiger partial charge on any atom is -0.340 e. The zero-order valence-corrected chi connectivity index (χ0v) is 13.1. The van der Waals surface area contributed by atoms with Crippen LogP contribution in [-0.2, 0) is 9.59 Å². The number of carbonyl (C=O) groups is 2. The van der Waals surface area contributed by atoms with Gasteiger partial charge in [-0.2, -0.15) is 0 Å². The van der Waals surface area contributed by atoms with Gasteiger partial charge < -0.3 is 15.1 Å². The van der Waals surface area contributed by atoms with Crippen molar-refractivity contribution in [3.05, 3.63) is 0 Å². The van der Waals surface area contributed by atoms with E-state index in [1.807, 2.05) is 4.90 Å². The molecule has 0 unspecified atom stereocenters. The van der Waals surface area contributed by atoms with Crippen LogP contribution in [0, 0.1) is 5.92 Å². The predicted molar refractivity (Wildman–Crippen MR) is 80.8 cm³/mol. The number of hydrogen-bond donors (Lipinski definition) is 1. The predicted octanol–water partition coefficient (Wildman–Crippen LogP) is 0.989. The second-order valence-corrected chi connectivity index (χ2v) is 7.10. The molecule has 2 saturated heterocycles. The van der Waals surface area contributed by atoms with E-state index in [0.717, 1.165) is 51.7 Å². The van der Waals surface area contributed by atoms with Gasteiger partial charge in [-0.05, 0) is 58.2 Å². The van der Waals surface area contributed by atoms with Crippen molar-refractivity contribution < 1.29 is 9.59 Å². The molecule has 21 heavy (non-hydrogen) atoms. The topological polar surface area (TPSA) is 52.6 Å². The van der Waals surface area contributed by atoms with E-state index in [4.69, 9.17) is 0 Å². The molecule has 3 rings (SSSR count). The number of rotatable bonds is 3. The van der Waals surface area contributed by atoms with Gasteiger partial charge in [0.05, 0.1) is 6.54 Å². The Bertz CT molecular complexity index is 410. The van der Waals surface area contributed by atoms with Crippen LogP contribution in [0.1, 0.15) is 44.9 Å². The van der Waals surface area contributed by atoms with Crippen LogP contribution in [0.2, 0.25) is 0 Å². The van der Waals surface area contributed by atoms with Crippen LogP contribution in [0.5, 0.6) is 0 Å². The van der Waals surface area contributed by atoms with Crippen molar-refractivity contribution in [2.24, 2.45) is 5.92 Å². The van der Waals surface area contributed by atoms with E-state index in [2.05, 4.69) is 17.3 Å². The normalized spacial score (nSPS) is 27.4. The van der Waals surface area contributed by atoms with Crippen LogP contribution in [0.3, 0.4) is 0 Å². The molecule has 1 spiro atoms. The van der Waals surface area contributed by atoms with Crippen LogP contribution in [0.15, 0.2) is 0 Å². The Morgan fingerprint density at radius 3 is 2.52 bits per heavy atom. The van der Waals surface area contributed by atoms with Crippen LogP contribution >= 0.6 is 0 Å². The molecule has 2 heterocycles. The van der Waals surface area contributed by atoms with Crippen LogP contribution < -0.4 is 5.32 Å². The fourth-order valence-electron chi connectivity index (χ4n) is 4.09. The highest BCUT2D eigenvalue weighted by atomic mass is 16.2. The molecule has 0 radical (unpaired) electrons. The molecular weight excluding hydrogens is 266 g/mol. The molecule has 1 N–H and O–H groups in total. The first-order valence-corrected chi connectivity index (χ1v) is 8.38. The maximum absolute atomic E-state index is 12.7. The first-order chi connectivity index (χ1) is 10.1. The monoisotopic (exact) mass is 293 g/mol. The molecule has 5 heteroatoms. The SMILES string of the molecule is CN1CCC(CCN2CC(=O)NC3(CCCC3)C2=O)CC1. The average Bonchev–Trinajstić information content (AvgIpc) is 2.92. The van der Waals surface area contributed by atoms with Crippen LogP contribution in [-0.4, -0.2) is 60.4 Å². The van der Waals surface area contributed by atoms with Crippen LogP contribution in [0.25, 0.3) is 0 Å². The van der Waals surface area contributed by atoms with E-state index in [9.17, 15) is 9.59 Å². The maximum atomic E-state index is 12.7. The van der Waals surface area contributed by atoms with Gasteiger partial charge in [0.2, 0.25) is 11.8 Å². The smallest absolute Gasteiger partial charge is 0.248 e. The molecule has 2 aliphatic heterocycles. The molecule has 1 saturated carbocycles. The van der Waals surface area contributed by atoms with E-state index >= 15 is 0 Å². The minimum absolute atomic E-state index is 0.0277. The minimum atomic E-state index is -0.553. The summed E-state index contributed by atoms with van der Waals surface area (Å²) in [6.07, 6.45) is 7.23. The molecule has 0 bridgehead atoms. The summed E-state index contributed by atoms with van der Waals surface area (Å²) in [6.45, 7) is 3.32. The van der Waals surface area contributed by atoms with E-state index in [1.165, 1.54) is 12.8 Å². The fourth-order valence-corrected chi connectivity index (χ4v) is 4.09. The van der Waals surface area contributed by atoms with Crippen molar-refractivity contribution >= 4 is 11.8 Å². The summed E-state index contributed by atoms with van der Waals surface area (Å²) in [6, 6.07) is 0. The summed E-state index contributed by atoms with van der Waals surface area (Å²) in [5.74, 6) is 0.908. The average molecular weight is 293 g/mol. The largest absolute Gasteiger partial charge is 0.340 e. The van der Waals surface area contributed by atoms with Gasteiger partial charge in [0.25, 0.3) is 0 Å². The highest BCUT2D eigenvalue weighted by Gasteiger charge is 2.48. The lowest BCUT2D eigenvalue weighted by molar-refractivity contribution is -0.149. The summed E-state index contributed by atoms with van der Waals surface area (Å²) >= 11 is 0. The lowest BCUT2D eigenvalue weighted by atomic mass is 9.91. The maximum Gasteiger partial charge on any atom is 0.248 e. The van der Waals surface area contributed by atoms with Crippen molar-refractivity contribution in [3.8, 4) is 0 Å². The lowest BCUT2D eigenvalue weighted by Crippen LogP contribution is -2.65. The van der Waals surface area contributed by atoms with E-state index in [0.29, 0.717) is 5.92 Å². The second kappa shape index (κ2) is 5.95. The fraction of sp³-hybridized carbons (Fsp3) is 0.875. The highest BCUT2D eigenvalue weighted by Crippen LogP contribution is 2.33. The molecule has 2 amide bonds. The molecule has 5 nitrogen and oxygen atoms in total. The number of piperidine rings is 1. The van der Waals surface area contributed by atoms with Gasteiger partial charge >= 0.3 is 0 Å². The Morgan fingerprint density at radius 2 is 1.86 bits per heavy atom. The summed E-state index contributed by atoms with van der Waals surface area (Å²) in [5.41, 5.74) is -0.553. The highest BCUT2D eigenvalue weighted by molar-refractivity contribution is 5.98. The quantitative estimate of drug-likeness (QED) is 0.844. The van der Waals surface area contributed by atoms with Gasteiger partial charge in [-0.25, -0.2) is 0 Å². The number of carbonyl (C=O) groups excluding carboxylic acids is 2. The van der Waals surface area contributed by atoms with E-state index < -0.39 is 5.54 Å². The Kier molecular flexibility index (Phi) is 4.20. The van der Waals surface area contributed by atoms with Gasteiger partial charge in [0, 0.05) is 6.54 Å². The van der Waals surface area contributed by atoms with Crippen molar-refractivity contribution in [1.82, 2.24) is 15.1 Å². The third-order valence-corrected chi connectivity index (χ3v) is 5.51. The third-order valence-electron chi connectivity index (χ3n) is 5.51. The Hall–Kier alpha value is -1.10. The number of hydrogen-bond acceptors (Lipinski definition) is 3. The summed E-state index contributed by atoms with van der Waals surface area (Å²) in [4.78, 5) is 28.9. The van der Waals surface area contributed by atoms with Gasteiger partial charge in [-0.15, -0.1) is 0 Å². The Balaban J connectivity index is 1.57. The molecule has 3 aliphatic rings. The molecule has 118 valence electrons. The van der Waals surface area contributed by atoms with Crippen molar-refractivity contribution in [2.45, 2.75) is 50.5 Å². The number of likely N-dealkylation sites (tertiary alicyclic amines) is 1. The van der Waals surface area contributed by atoms with Crippen molar-refractivity contribution in [1.29, 1.82) is 0 Å². The summed E-state index contributed by atoms with van der Waals surface area (Å²) < 4.78 is 0. The van der Waals surface area contributed by atoms with E-state index in [-0.39, 0.29) is 18.4 Å². The number of amides is 2. The molecule has 0 aromatic carbocycles. The summed E-state index contributed by atoms with van der Waals surface area (Å²) in [5, 5.41) is 2.98. The first-order valence-electron chi connectivity index (χ1n) is 8.38. The Morgan fingerprint density at radius 1 is 1.19 bits per heavy atom. The van der Waals surface area contributed by atoms with Crippen molar-refractivity contribution in [3.63, 3.8) is 0 Å². The standard InChI is InChI=1S/C16H27N3O2/c1-18-9-4-13(5-10-18)6-11-19-12-14(20)17-16(15(19)21)7-2-3-8-16/h13H,2-12H2,1H3,(H,17,20). The molecule has 3 fully saturated rings.